The number of hydrogen-bond donors (Lipinski definition) is 1. The average molecular weight is 285 g/mol. The second-order valence-electron chi connectivity index (χ2n) is 5.74. The fourth-order valence-corrected chi connectivity index (χ4v) is 3.04. The van der Waals surface area contributed by atoms with Crippen LogP contribution in [0.1, 0.15) is 23.1 Å². The van der Waals surface area contributed by atoms with Gasteiger partial charge in [0.05, 0.1) is 7.11 Å². The topological polar surface area (TPSA) is 21.3 Å². The Labute approximate surface area is 125 Å². The van der Waals surface area contributed by atoms with Gasteiger partial charge in [-0.3, -0.25) is 0 Å². The number of fused-ring (bicyclic) bond motifs is 1. The molecule has 0 aliphatic heterocycles. The lowest BCUT2D eigenvalue weighted by atomic mass is 9.88. The zero-order chi connectivity index (χ0) is 14.8. The third-order valence-corrected chi connectivity index (χ3v) is 4.05. The molecule has 2 nitrogen and oxygen atoms in total. The molecular weight excluding hydrogens is 265 g/mol. The van der Waals surface area contributed by atoms with Crippen LogP contribution in [0.2, 0.25) is 0 Å². The standard InChI is InChI=1S/C18H20FNO/c1-12-7-15(19)11-17(8-12)20-16-5-3-13-4-6-18(21-2)10-14(13)9-16/h4,6-8,10-11,16,20H,3,5,9H2,1-2H3. The number of ether oxygens (including phenoxy) is 1. The van der Waals surface area contributed by atoms with E-state index >= 15 is 0 Å². The Morgan fingerprint density at radius 1 is 1.14 bits per heavy atom. The molecule has 0 radical (unpaired) electrons. The number of aryl methyl sites for hydroxylation is 2. The van der Waals surface area contributed by atoms with E-state index in [1.165, 1.54) is 11.1 Å². The molecule has 0 aromatic heterocycles. The Balaban J connectivity index is 1.76. The highest BCUT2D eigenvalue weighted by Crippen LogP contribution is 2.27. The summed E-state index contributed by atoms with van der Waals surface area (Å²) in [5.74, 6) is 0.714. The van der Waals surface area contributed by atoms with Crippen LogP contribution in [0.3, 0.4) is 0 Å². The summed E-state index contributed by atoms with van der Waals surface area (Å²) in [5.41, 5.74) is 4.52. The summed E-state index contributed by atoms with van der Waals surface area (Å²) in [4.78, 5) is 0. The molecule has 0 saturated carbocycles. The molecule has 0 spiro atoms. The largest absolute Gasteiger partial charge is 0.497 e. The number of benzene rings is 2. The van der Waals surface area contributed by atoms with Gasteiger partial charge < -0.3 is 10.1 Å². The van der Waals surface area contributed by atoms with Crippen LogP contribution in [0, 0.1) is 12.7 Å². The lowest BCUT2D eigenvalue weighted by Crippen LogP contribution is -2.27. The Kier molecular flexibility index (Phi) is 3.82. The SMILES string of the molecule is COc1ccc2c(c1)CC(Nc1cc(C)cc(F)c1)CC2. The molecule has 2 aromatic carbocycles. The van der Waals surface area contributed by atoms with Crippen LogP contribution >= 0.6 is 0 Å². The number of nitrogens with one attached hydrogen (secondary N) is 1. The molecule has 0 heterocycles. The Bertz CT molecular complexity index is 633. The molecule has 21 heavy (non-hydrogen) atoms. The van der Waals surface area contributed by atoms with Gasteiger partial charge in [-0.05, 0) is 73.2 Å². The molecule has 0 amide bonds. The van der Waals surface area contributed by atoms with Crippen LogP contribution < -0.4 is 10.1 Å². The van der Waals surface area contributed by atoms with E-state index in [-0.39, 0.29) is 5.82 Å². The van der Waals surface area contributed by atoms with Crippen molar-refractivity contribution in [3.05, 3.63) is 58.9 Å². The van der Waals surface area contributed by atoms with E-state index < -0.39 is 0 Å². The molecule has 1 aliphatic carbocycles. The van der Waals surface area contributed by atoms with E-state index in [1.807, 2.05) is 19.1 Å². The zero-order valence-electron chi connectivity index (χ0n) is 12.4. The molecule has 2 aromatic rings. The van der Waals surface area contributed by atoms with Crippen LogP contribution in [0.25, 0.3) is 0 Å². The van der Waals surface area contributed by atoms with Crippen molar-refractivity contribution in [2.45, 2.75) is 32.2 Å². The van der Waals surface area contributed by atoms with Gasteiger partial charge in [-0.1, -0.05) is 6.07 Å². The highest BCUT2D eigenvalue weighted by Gasteiger charge is 2.19. The van der Waals surface area contributed by atoms with E-state index in [1.54, 1.807) is 19.2 Å². The fourth-order valence-electron chi connectivity index (χ4n) is 3.04. The van der Waals surface area contributed by atoms with Crippen molar-refractivity contribution in [3.63, 3.8) is 0 Å². The van der Waals surface area contributed by atoms with Crippen LogP contribution in [0.4, 0.5) is 10.1 Å². The summed E-state index contributed by atoms with van der Waals surface area (Å²) in [6.07, 6.45) is 3.06. The first-order valence-corrected chi connectivity index (χ1v) is 7.33. The number of rotatable bonds is 3. The van der Waals surface area contributed by atoms with Gasteiger partial charge in [0.2, 0.25) is 0 Å². The van der Waals surface area contributed by atoms with Gasteiger partial charge in [-0.15, -0.1) is 0 Å². The van der Waals surface area contributed by atoms with Gasteiger partial charge >= 0.3 is 0 Å². The van der Waals surface area contributed by atoms with Crippen LogP contribution in [0.15, 0.2) is 36.4 Å². The van der Waals surface area contributed by atoms with Gasteiger partial charge in [0.25, 0.3) is 0 Å². The monoisotopic (exact) mass is 285 g/mol. The predicted molar refractivity (Wildman–Crippen MR) is 83.6 cm³/mol. The van der Waals surface area contributed by atoms with Gasteiger partial charge in [0, 0.05) is 11.7 Å². The number of hydrogen-bond acceptors (Lipinski definition) is 2. The summed E-state index contributed by atoms with van der Waals surface area (Å²) in [6, 6.07) is 11.7. The van der Waals surface area contributed by atoms with Crippen molar-refractivity contribution in [2.24, 2.45) is 0 Å². The van der Waals surface area contributed by atoms with E-state index in [4.69, 9.17) is 4.74 Å². The normalized spacial score (nSPS) is 17.2. The lowest BCUT2D eigenvalue weighted by Gasteiger charge is -2.27. The molecule has 110 valence electrons. The maximum atomic E-state index is 13.5. The highest BCUT2D eigenvalue weighted by atomic mass is 19.1. The zero-order valence-corrected chi connectivity index (χ0v) is 12.4. The molecule has 3 rings (SSSR count). The fraction of sp³-hybridized carbons (Fsp3) is 0.333. The minimum atomic E-state index is -0.185. The highest BCUT2D eigenvalue weighted by molar-refractivity contribution is 5.48. The van der Waals surface area contributed by atoms with Crippen LogP contribution in [-0.2, 0) is 12.8 Å². The van der Waals surface area contributed by atoms with Crippen molar-refractivity contribution < 1.29 is 9.13 Å². The third-order valence-electron chi connectivity index (χ3n) is 4.05. The molecule has 0 bridgehead atoms. The molecule has 1 atom stereocenters. The summed E-state index contributed by atoms with van der Waals surface area (Å²) in [7, 11) is 1.69. The van der Waals surface area contributed by atoms with Gasteiger partial charge in [-0.25, -0.2) is 4.39 Å². The van der Waals surface area contributed by atoms with Crippen molar-refractivity contribution in [2.75, 3.05) is 12.4 Å². The molecule has 1 unspecified atom stereocenters. The second kappa shape index (κ2) is 5.76. The van der Waals surface area contributed by atoms with Gasteiger partial charge in [0.1, 0.15) is 11.6 Å². The van der Waals surface area contributed by atoms with Crippen LogP contribution in [0.5, 0.6) is 5.75 Å². The maximum Gasteiger partial charge on any atom is 0.125 e. The molecule has 3 heteroatoms. The minimum absolute atomic E-state index is 0.185. The first kappa shape index (κ1) is 13.9. The average Bonchev–Trinajstić information content (AvgIpc) is 2.45. The van der Waals surface area contributed by atoms with Gasteiger partial charge in [-0.2, -0.15) is 0 Å². The second-order valence-corrected chi connectivity index (χ2v) is 5.74. The quantitative estimate of drug-likeness (QED) is 0.916. The van der Waals surface area contributed by atoms with Crippen LogP contribution in [-0.4, -0.2) is 13.2 Å². The summed E-state index contributed by atoms with van der Waals surface area (Å²) in [5, 5.41) is 3.46. The van der Waals surface area contributed by atoms with E-state index in [0.29, 0.717) is 6.04 Å². The third kappa shape index (κ3) is 3.18. The van der Waals surface area contributed by atoms with Crippen molar-refractivity contribution in [1.82, 2.24) is 0 Å². The van der Waals surface area contributed by atoms with E-state index in [2.05, 4.69) is 17.4 Å². The Hall–Kier alpha value is -2.03. The lowest BCUT2D eigenvalue weighted by molar-refractivity contribution is 0.413. The molecule has 0 saturated heterocycles. The Morgan fingerprint density at radius 2 is 2.00 bits per heavy atom. The number of methoxy groups -OCH3 is 1. The first-order valence-electron chi connectivity index (χ1n) is 7.33. The summed E-state index contributed by atoms with van der Waals surface area (Å²) < 4.78 is 18.8. The smallest absolute Gasteiger partial charge is 0.125 e. The maximum absolute atomic E-state index is 13.5. The molecule has 1 N–H and O–H groups in total. The van der Waals surface area contributed by atoms with Crippen molar-refractivity contribution in [3.8, 4) is 5.75 Å². The molecule has 0 fully saturated rings. The summed E-state index contributed by atoms with van der Waals surface area (Å²) in [6.45, 7) is 1.91. The summed E-state index contributed by atoms with van der Waals surface area (Å²) >= 11 is 0. The predicted octanol–water partition coefficient (Wildman–Crippen LogP) is 4.11. The number of anilines is 1. The van der Waals surface area contributed by atoms with Crippen molar-refractivity contribution >= 4 is 5.69 Å². The first-order chi connectivity index (χ1) is 10.1. The number of halogens is 1. The molecule has 1 aliphatic rings. The van der Waals surface area contributed by atoms with Crippen molar-refractivity contribution in [1.29, 1.82) is 0 Å². The van der Waals surface area contributed by atoms with Gasteiger partial charge in [0.15, 0.2) is 0 Å². The minimum Gasteiger partial charge on any atom is -0.497 e. The van der Waals surface area contributed by atoms with E-state index in [9.17, 15) is 4.39 Å². The molecular formula is C18H20FNO. The Morgan fingerprint density at radius 3 is 2.76 bits per heavy atom. The van der Waals surface area contributed by atoms with E-state index in [0.717, 1.165) is 36.3 Å².